The predicted molar refractivity (Wildman–Crippen MR) is 119 cm³/mol. The van der Waals surface area contributed by atoms with E-state index in [9.17, 15) is 4.79 Å². The van der Waals surface area contributed by atoms with Gasteiger partial charge in [0, 0.05) is 21.5 Å². The van der Waals surface area contributed by atoms with Gasteiger partial charge in [-0.2, -0.15) is 0 Å². The number of carbonyl (C=O) groups excluding carboxylic acids is 1. The molecule has 0 aliphatic rings. The van der Waals surface area contributed by atoms with Gasteiger partial charge >= 0.3 is 0 Å². The van der Waals surface area contributed by atoms with Gasteiger partial charge in [0.05, 0.1) is 19.2 Å². The van der Waals surface area contributed by atoms with Crippen molar-refractivity contribution in [2.75, 3.05) is 14.2 Å². The lowest BCUT2D eigenvalue weighted by Crippen LogP contribution is -2.02. The van der Waals surface area contributed by atoms with Crippen LogP contribution in [0, 0.1) is 6.92 Å². The standard InChI is InChI=1S/C24H18Cl2O4/c1-13-17-7-4-14(15-5-9-20(28-2)22(11-15)29-3)10-21(17)30-24(13)23(27)18-8-6-16(25)12-19(18)26/h4-12H,1-3H3. The summed E-state index contributed by atoms with van der Waals surface area (Å²) in [5.74, 6) is 1.28. The number of hydrogen-bond donors (Lipinski definition) is 0. The second kappa shape index (κ2) is 8.05. The molecule has 152 valence electrons. The highest BCUT2D eigenvalue weighted by atomic mass is 35.5. The molecular weight excluding hydrogens is 423 g/mol. The Morgan fingerprint density at radius 1 is 0.867 bits per heavy atom. The maximum atomic E-state index is 13.0. The average Bonchev–Trinajstić information content (AvgIpc) is 3.08. The van der Waals surface area contributed by atoms with E-state index in [1.807, 2.05) is 43.3 Å². The van der Waals surface area contributed by atoms with E-state index < -0.39 is 0 Å². The molecule has 1 aromatic heterocycles. The minimum absolute atomic E-state index is 0.263. The molecule has 3 aromatic carbocycles. The van der Waals surface area contributed by atoms with Crippen molar-refractivity contribution in [2.45, 2.75) is 6.92 Å². The lowest BCUT2D eigenvalue weighted by Gasteiger charge is -2.09. The van der Waals surface area contributed by atoms with Crippen LogP contribution in [0.4, 0.5) is 0 Å². The molecule has 0 atom stereocenters. The molecule has 0 fully saturated rings. The van der Waals surface area contributed by atoms with Crippen molar-refractivity contribution in [3.63, 3.8) is 0 Å². The normalized spacial score (nSPS) is 11.0. The molecule has 4 aromatic rings. The third-order valence-corrected chi connectivity index (χ3v) is 5.58. The lowest BCUT2D eigenvalue weighted by atomic mass is 10.0. The van der Waals surface area contributed by atoms with Gasteiger partial charge < -0.3 is 13.9 Å². The Morgan fingerprint density at radius 2 is 1.57 bits per heavy atom. The van der Waals surface area contributed by atoms with Gasteiger partial charge in [0.2, 0.25) is 5.78 Å². The van der Waals surface area contributed by atoms with E-state index >= 15 is 0 Å². The van der Waals surface area contributed by atoms with Gasteiger partial charge in [0.15, 0.2) is 17.3 Å². The maximum absolute atomic E-state index is 13.0. The average molecular weight is 441 g/mol. The SMILES string of the molecule is COc1ccc(-c2ccc3c(C)c(C(=O)c4ccc(Cl)cc4Cl)oc3c2)cc1OC. The number of ether oxygens (including phenoxy) is 2. The molecule has 0 radical (unpaired) electrons. The Bertz CT molecular complexity index is 1270. The van der Waals surface area contributed by atoms with Crippen molar-refractivity contribution in [3.8, 4) is 22.6 Å². The first kappa shape index (κ1) is 20.3. The van der Waals surface area contributed by atoms with Crippen LogP contribution in [-0.4, -0.2) is 20.0 Å². The van der Waals surface area contributed by atoms with Crippen LogP contribution in [0.1, 0.15) is 21.7 Å². The Morgan fingerprint density at radius 3 is 2.27 bits per heavy atom. The van der Waals surface area contributed by atoms with Crippen LogP contribution in [0.2, 0.25) is 10.0 Å². The third-order valence-electron chi connectivity index (χ3n) is 5.04. The number of furan rings is 1. The zero-order valence-electron chi connectivity index (χ0n) is 16.6. The zero-order valence-corrected chi connectivity index (χ0v) is 18.1. The highest BCUT2D eigenvalue weighted by Crippen LogP contribution is 2.36. The second-order valence-corrected chi connectivity index (χ2v) is 7.63. The monoisotopic (exact) mass is 440 g/mol. The summed E-state index contributed by atoms with van der Waals surface area (Å²) in [7, 11) is 3.20. The summed E-state index contributed by atoms with van der Waals surface area (Å²) in [4.78, 5) is 13.0. The van der Waals surface area contributed by atoms with E-state index in [2.05, 4.69) is 0 Å². The Kier molecular flexibility index (Phi) is 5.46. The van der Waals surface area contributed by atoms with E-state index in [1.165, 1.54) is 0 Å². The molecule has 0 aliphatic carbocycles. The van der Waals surface area contributed by atoms with Crippen LogP contribution in [0.15, 0.2) is 59.0 Å². The molecule has 0 saturated carbocycles. The molecule has 0 spiro atoms. The van der Waals surface area contributed by atoms with Crippen LogP contribution >= 0.6 is 23.2 Å². The van der Waals surface area contributed by atoms with Crippen LogP contribution in [0.3, 0.4) is 0 Å². The molecule has 6 heteroatoms. The first-order chi connectivity index (χ1) is 14.4. The highest BCUT2D eigenvalue weighted by Gasteiger charge is 2.22. The summed E-state index contributed by atoms with van der Waals surface area (Å²) in [6.07, 6.45) is 0. The van der Waals surface area contributed by atoms with Gasteiger partial charge in [0.1, 0.15) is 5.58 Å². The fourth-order valence-corrected chi connectivity index (χ4v) is 3.93. The largest absolute Gasteiger partial charge is 0.493 e. The van der Waals surface area contributed by atoms with Gasteiger partial charge in [-0.25, -0.2) is 0 Å². The molecule has 0 saturated heterocycles. The van der Waals surface area contributed by atoms with Crippen molar-refractivity contribution < 1.29 is 18.7 Å². The number of aryl methyl sites for hydroxylation is 1. The minimum atomic E-state index is -0.280. The van der Waals surface area contributed by atoms with Crippen molar-refractivity contribution >= 4 is 40.0 Å². The van der Waals surface area contributed by atoms with E-state index in [4.69, 9.17) is 37.1 Å². The lowest BCUT2D eigenvalue weighted by molar-refractivity contribution is 0.101. The molecule has 0 unspecified atom stereocenters. The molecule has 0 N–H and O–H groups in total. The minimum Gasteiger partial charge on any atom is -0.493 e. The predicted octanol–water partition coefficient (Wildman–Crippen LogP) is 6.96. The number of rotatable bonds is 5. The molecular formula is C24H18Cl2O4. The smallest absolute Gasteiger partial charge is 0.229 e. The van der Waals surface area contributed by atoms with Gasteiger partial charge in [-0.1, -0.05) is 41.4 Å². The third kappa shape index (κ3) is 3.53. The maximum Gasteiger partial charge on any atom is 0.229 e. The molecule has 0 aliphatic heterocycles. The molecule has 1 heterocycles. The number of benzene rings is 3. The summed E-state index contributed by atoms with van der Waals surface area (Å²) in [5.41, 5.74) is 3.61. The molecule has 4 nitrogen and oxygen atoms in total. The van der Waals surface area contributed by atoms with E-state index in [0.717, 1.165) is 22.1 Å². The first-order valence-electron chi connectivity index (χ1n) is 9.18. The van der Waals surface area contributed by atoms with Crippen molar-refractivity contribution in [3.05, 3.63) is 81.5 Å². The summed E-state index contributed by atoms with van der Waals surface area (Å²) < 4.78 is 16.7. The summed E-state index contributed by atoms with van der Waals surface area (Å²) in [6.45, 7) is 1.86. The van der Waals surface area contributed by atoms with Crippen molar-refractivity contribution in [1.82, 2.24) is 0 Å². The van der Waals surface area contributed by atoms with Crippen LogP contribution in [0.25, 0.3) is 22.1 Å². The summed E-state index contributed by atoms with van der Waals surface area (Å²) in [6, 6.07) is 16.3. The summed E-state index contributed by atoms with van der Waals surface area (Å²) >= 11 is 12.2. The topological polar surface area (TPSA) is 48.7 Å². The number of carbonyl (C=O) groups is 1. The number of hydrogen-bond acceptors (Lipinski definition) is 4. The van der Waals surface area contributed by atoms with Gasteiger partial charge in [-0.3, -0.25) is 4.79 Å². The number of methoxy groups -OCH3 is 2. The molecule has 4 rings (SSSR count). The van der Waals surface area contributed by atoms with Crippen molar-refractivity contribution in [2.24, 2.45) is 0 Å². The molecule has 0 amide bonds. The summed E-state index contributed by atoms with van der Waals surface area (Å²) in [5, 5.41) is 1.63. The van der Waals surface area contributed by atoms with Crippen LogP contribution in [-0.2, 0) is 0 Å². The fourth-order valence-electron chi connectivity index (χ4n) is 3.43. The van der Waals surface area contributed by atoms with Gasteiger partial charge in [-0.05, 0) is 54.4 Å². The first-order valence-corrected chi connectivity index (χ1v) is 9.94. The van der Waals surface area contributed by atoms with Crippen molar-refractivity contribution in [1.29, 1.82) is 0 Å². The fraction of sp³-hybridized carbons (Fsp3) is 0.125. The second-order valence-electron chi connectivity index (χ2n) is 6.79. The Labute approximate surface area is 183 Å². The van der Waals surface area contributed by atoms with Crippen LogP contribution in [0.5, 0.6) is 11.5 Å². The van der Waals surface area contributed by atoms with Crippen LogP contribution < -0.4 is 9.47 Å². The Balaban J connectivity index is 1.77. The van der Waals surface area contributed by atoms with E-state index in [0.29, 0.717) is 32.7 Å². The number of fused-ring (bicyclic) bond motifs is 1. The number of ketones is 1. The Hall–Kier alpha value is -2.95. The highest BCUT2D eigenvalue weighted by molar-refractivity contribution is 6.37. The number of halogens is 2. The quantitative estimate of drug-likeness (QED) is 0.314. The molecule has 30 heavy (non-hydrogen) atoms. The zero-order chi connectivity index (χ0) is 21.4. The van der Waals surface area contributed by atoms with E-state index in [-0.39, 0.29) is 11.5 Å². The van der Waals surface area contributed by atoms with Gasteiger partial charge in [0.25, 0.3) is 0 Å². The van der Waals surface area contributed by atoms with Gasteiger partial charge in [-0.15, -0.1) is 0 Å². The van der Waals surface area contributed by atoms with E-state index in [1.54, 1.807) is 32.4 Å². The molecule has 0 bridgehead atoms.